The molecule has 40 heavy (non-hydrogen) atoms. The summed E-state index contributed by atoms with van der Waals surface area (Å²) < 4.78 is 69.9. The Hall–Kier alpha value is -4.39. The van der Waals surface area contributed by atoms with E-state index < -0.39 is 27.7 Å². The van der Waals surface area contributed by atoms with E-state index in [4.69, 9.17) is 0 Å². The van der Waals surface area contributed by atoms with Crippen molar-refractivity contribution in [3.63, 3.8) is 0 Å². The van der Waals surface area contributed by atoms with Gasteiger partial charge in [0.05, 0.1) is 16.6 Å². The number of nitrogens with one attached hydrogen (secondary N) is 2. The number of hydrogen-bond donors (Lipinski definition) is 2. The molecular formula is C27H24F3N5O4S. The maximum Gasteiger partial charge on any atom is 0.416 e. The molecule has 2 heterocycles. The Labute approximate surface area is 227 Å². The molecule has 1 amide bonds. The number of amides is 1. The maximum atomic E-state index is 13.5. The number of alkyl halides is 3. The highest BCUT2D eigenvalue weighted by Gasteiger charge is 2.31. The van der Waals surface area contributed by atoms with Crippen molar-refractivity contribution < 1.29 is 26.4 Å². The molecule has 0 aliphatic carbocycles. The van der Waals surface area contributed by atoms with Gasteiger partial charge in [-0.05, 0) is 55.3 Å². The zero-order valence-electron chi connectivity index (χ0n) is 21.2. The third kappa shape index (κ3) is 5.37. The van der Waals surface area contributed by atoms with Crippen LogP contribution >= 0.6 is 0 Å². The van der Waals surface area contributed by atoms with Crippen molar-refractivity contribution >= 4 is 43.8 Å². The number of aryl methyl sites for hydroxylation is 1. The van der Waals surface area contributed by atoms with Gasteiger partial charge in [-0.15, -0.1) is 0 Å². The Kier molecular flexibility index (Phi) is 7.00. The minimum absolute atomic E-state index is 0.0344. The molecule has 0 saturated carbocycles. The van der Waals surface area contributed by atoms with Crippen molar-refractivity contribution in [1.29, 1.82) is 0 Å². The molecule has 0 atom stereocenters. The van der Waals surface area contributed by atoms with Crippen molar-refractivity contribution in [2.45, 2.75) is 23.9 Å². The van der Waals surface area contributed by atoms with Crippen molar-refractivity contribution in [2.75, 3.05) is 28.0 Å². The number of anilines is 3. The molecule has 0 bridgehead atoms. The van der Waals surface area contributed by atoms with Crippen LogP contribution in [0.4, 0.5) is 30.2 Å². The number of rotatable bonds is 6. The average molecular weight is 572 g/mol. The van der Waals surface area contributed by atoms with Gasteiger partial charge in [0.1, 0.15) is 4.90 Å². The van der Waals surface area contributed by atoms with Gasteiger partial charge in [-0.3, -0.25) is 14.3 Å². The molecule has 9 nitrogen and oxygen atoms in total. The highest BCUT2D eigenvalue weighted by Crippen LogP contribution is 2.34. The van der Waals surface area contributed by atoms with Crippen LogP contribution in [0.1, 0.15) is 28.9 Å². The summed E-state index contributed by atoms with van der Waals surface area (Å²) in [5.41, 5.74) is -1.18. The number of halogens is 3. The van der Waals surface area contributed by atoms with Gasteiger partial charge >= 0.3 is 6.18 Å². The third-order valence-electron chi connectivity index (χ3n) is 6.57. The molecule has 1 aliphatic rings. The lowest BCUT2D eigenvalue weighted by atomic mass is 10.1. The first-order valence-corrected chi connectivity index (χ1v) is 13.8. The lowest BCUT2D eigenvalue weighted by Crippen LogP contribution is -2.26. The summed E-state index contributed by atoms with van der Waals surface area (Å²) in [7, 11) is -2.97. The Bertz CT molecular complexity index is 1780. The zero-order valence-corrected chi connectivity index (χ0v) is 22.0. The zero-order chi connectivity index (χ0) is 28.7. The van der Waals surface area contributed by atoms with Crippen LogP contribution in [-0.2, 0) is 23.2 Å². The molecule has 1 aliphatic heterocycles. The molecule has 13 heteroatoms. The molecule has 0 radical (unpaired) electrons. The van der Waals surface area contributed by atoms with Gasteiger partial charge in [0, 0.05) is 36.9 Å². The second kappa shape index (κ2) is 10.3. The summed E-state index contributed by atoms with van der Waals surface area (Å²) in [5, 5.41) is 7.36. The summed E-state index contributed by atoms with van der Waals surface area (Å²) in [6.07, 6.45) is -2.94. The van der Waals surface area contributed by atoms with Gasteiger partial charge in [-0.25, -0.2) is 13.1 Å². The lowest BCUT2D eigenvalue weighted by Gasteiger charge is -2.22. The van der Waals surface area contributed by atoms with Crippen LogP contribution in [0.5, 0.6) is 0 Å². The summed E-state index contributed by atoms with van der Waals surface area (Å²) in [5.74, 6) is -0.671. The summed E-state index contributed by atoms with van der Waals surface area (Å²) in [6.45, 7) is 1.21. The maximum absolute atomic E-state index is 13.5. The van der Waals surface area contributed by atoms with Crippen molar-refractivity contribution in [3.8, 4) is 0 Å². The lowest BCUT2D eigenvalue weighted by molar-refractivity contribution is -0.137. The van der Waals surface area contributed by atoms with Crippen LogP contribution in [0.2, 0.25) is 0 Å². The minimum atomic E-state index is -4.65. The molecule has 0 unspecified atom stereocenters. The molecule has 1 saturated heterocycles. The predicted molar refractivity (Wildman–Crippen MR) is 145 cm³/mol. The third-order valence-corrected chi connectivity index (χ3v) is 7.98. The molecule has 4 aromatic rings. The first kappa shape index (κ1) is 27.2. The molecule has 1 fully saturated rings. The van der Waals surface area contributed by atoms with E-state index >= 15 is 0 Å². The van der Waals surface area contributed by atoms with Crippen LogP contribution in [-0.4, -0.2) is 37.2 Å². The SMILES string of the molecule is Cn1nc(C(=O)Nc2ccc(N3CCCC3)c(S(=O)(=O)Nc3cccc(C(F)(F)F)c3)c2)c2ccccc2c1=O. The summed E-state index contributed by atoms with van der Waals surface area (Å²) in [4.78, 5) is 27.3. The van der Waals surface area contributed by atoms with Gasteiger partial charge in [-0.2, -0.15) is 18.3 Å². The second-order valence-electron chi connectivity index (χ2n) is 9.34. The molecule has 208 valence electrons. The van der Waals surface area contributed by atoms with Crippen LogP contribution in [0.3, 0.4) is 0 Å². The molecular weight excluding hydrogens is 547 g/mol. The molecule has 5 rings (SSSR count). The van der Waals surface area contributed by atoms with E-state index in [2.05, 4.69) is 15.1 Å². The number of hydrogen-bond acceptors (Lipinski definition) is 6. The smallest absolute Gasteiger partial charge is 0.370 e. The number of carbonyl (C=O) groups excluding carboxylic acids is 1. The van der Waals surface area contributed by atoms with Crippen LogP contribution in [0.15, 0.2) is 76.4 Å². The number of nitrogens with zero attached hydrogens (tertiary/aromatic N) is 3. The van der Waals surface area contributed by atoms with E-state index in [0.717, 1.165) is 35.7 Å². The Morgan fingerprint density at radius 3 is 2.33 bits per heavy atom. The normalized spacial score (nSPS) is 13.9. The monoisotopic (exact) mass is 571 g/mol. The quantitative estimate of drug-likeness (QED) is 0.350. The second-order valence-corrected chi connectivity index (χ2v) is 11.0. The first-order valence-electron chi connectivity index (χ1n) is 12.3. The highest BCUT2D eigenvalue weighted by atomic mass is 32.2. The fraction of sp³-hybridized carbons (Fsp3) is 0.222. The van der Waals surface area contributed by atoms with Crippen LogP contribution in [0.25, 0.3) is 10.8 Å². The Morgan fingerprint density at radius 2 is 1.62 bits per heavy atom. The summed E-state index contributed by atoms with van der Waals surface area (Å²) >= 11 is 0. The van der Waals surface area contributed by atoms with E-state index in [1.54, 1.807) is 36.4 Å². The number of carbonyl (C=O) groups is 1. The van der Waals surface area contributed by atoms with E-state index in [1.165, 1.54) is 19.2 Å². The van der Waals surface area contributed by atoms with Gasteiger partial charge in [0.25, 0.3) is 21.5 Å². The highest BCUT2D eigenvalue weighted by molar-refractivity contribution is 7.92. The summed E-state index contributed by atoms with van der Waals surface area (Å²) in [6, 6.07) is 14.7. The average Bonchev–Trinajstić information content (AvgIpc) is 3.45. The topological polar surface area (TPSA) is 113 Å². The van der Waals surface area contributed by atoms with E-state index in [0.29, 0.717) is 29.5 Å². The standard InChI is InChI=1S/C27H24F3N5O4S/c1-34-26(37)21-10-3-2-9-20(21)24(32-34)25(36)31-18-11-12-22(35-13-4-5-14-35)23(16-18)40(38,39)33-19-8-6-7-17(15-19)27(28,29)30/h2-3,6-12,15-16,33H,4-5,13-14H2,1H3,(H,31,36). The molecule has 2 N–H and O–H groups in total. The Balaban J connectivity index is 1.52. The van der Waals surface area contributed by atoms with Gasteiger partial charge in [0.2, 0.25) is 0 Å². The number of fused-ring (bicyclic) bond motifs is 1. The van der Waals surface area contributed by atoms with Gasteiger partial charge in [0.15, 0.2) is 5.69 Å². The van der Waals surface area contributed by atoms with E-state index in [-0.39, 0.29) is 27.5 Å². The number of aromatic nitrogens is 2. The fourth-order valence-electron chi connectivity index (χ4n) is 4.65. The van der Waals surface area contributed by atoms with Gasteiger partial charge in [-0.1, -0.05) is 24.3 Å². The van der Waals surface area contributed by atoms with Crippen molar-refractivity contribution in [1.82, 2.24) is 9.78 Å². The van der Waals surface area contributed by atoms with E-state index in [9.17, 15) is 31.2 Å². The minimum Gasteiger partial charge on any atom is -0.370 e. The van der Waals surface area contributed by atoms with Gasteiger partial charge < -0.3 is 10.2 Å². The molecule has 3 aromatic carbocycles. The van der Waals surface area contributed by atoms with E-state index in [1.807, 2.05) is 4.90 Å². The predicted octanol–water partition coefficient (Wildman–Crippen LogP) is 4.61. The first-order chi connectivity index (χ1) is 18.9. The van der Waals surface area contributed by atoms with Crippen molar-refractivity contribution in [2.24, 2.45) is 7.05 Å². The molecule has 1 aromatic heterocycles. The van der Waals surface area contributed by atoms with Crippen molar-refractivity contribution in [3.05, 3.63) is 88.3 Å². The Morgan fingerprint density at radius 1 is 0.925 bits per heavy atom. The number of sulfonamides is 1. The molecule has 0 spiro atoms. The van der Waals surface area contributed by atoms with Crippen LogP contribution in [0, 0.1) is 0 Å². The van der Waals surface area contributed by atoms with Crippen LogP contribution < -0.4 is 20.5 Å². The largest absolute Gasteiger partial charge is 0.416 e. The number of benzene rings is 3. The fourth-order valence-corrected chi connectivity index (χ4v) is 5.96.